The Morgan fingerprint density at radius 3 is 2.61 bits per heavy atom. The zero-order chi connectivity index (χ0) is 21.6. The highest BCUT2D eigenvalue weighted by Crippen LogP contribution is 2.20. The highest BCUT2D eigenvalue weighted by molar-refractivity contribution is 6.06. The number of aromatic nitrogens is 1. The molecule has 0 aliphatic carbocycles. The first-order valence-electron chi connectivity index (χ1n) is 10.1. The molecule has 0 radical (unpaired) electrons. The molecule has 0 atom stereocenters. The van der Waals surface area contributed by atoms with E-state index in [1.165, 1.54) is 6.08 Å². The first kappa shape index (κ1) is 20.2. The van der Waals surface area contributed by atoms with Gasteiger partial charge in [-0.05, 0) is 42.3 Å². The van der Waals surface area contributed by atoms with Gasteiger partial charge in [-0.15, -0.1) is 0 Å². The SMILES string of the molecule is Cc1cccc(C(=O)Cc2cccc(/C=C/C(=O)Nc3cccc4cccnc34)c2)c1. The molecule has 4 aromatic rings. The molecule has 0 spiro atoms. The first-order valence-corrected chi connectivity index (χ1v) is 10.1. The molecule has 1 amide bonds. The molecule has 1 heterocycles. The number of amides is 1. The molecular formula is C27H22N2O2. The third-order valence-electron chi connectivity index (χ3n) is 4.97. The average Bonchev–Trinajstić information content (AvgIpc) is 2.78. The van der Waals surface area contributed by atoms with Crippen LogP contribution in [0.1, 0.15) is 27.0 Å². The first-order chi connectivity index (χ1) is 15.1. The lowest BCUT2D eigenvalue weighted by atomic mass is 10.00. The van der Waals surface area contributed by atoms with Crippen LogP contribution >= 0.6 is 0 Å². The van der Waals surface area contributed by atoms with Gasteiger partial charge < -0.3 is 5.32 Å². The van der Waals surface area contributed by atoms with Crippen LogP contribution in [-0.2, 0) is 11.2 Å². The smallest absolute Gasteiger partial charge is 0.248 e. The molecule has 0 aliphatic rings. The lowest BCUT2D eigenvalue weighted by molar-refractivity contribution is -0.111. The average molecular weight is 406 g/mol. The van der Waals surface area contributed by atoms with Crippen molar-refractivity contribution in [1.29, 1.82) is 0 Å². The monoisotopic (exact) mass is 406 g/mol. The lowest BCUT2D eigenvalue weighted by Crippen LogP contribution is -2.08. The van der Waals surface area contributed by atoms with Gasteiger partial charge in [0.25, 0.3) is 0 Å². The number of ketones is 1. The van der Waals surface area contributed by atoms with E-state index in [9.17, 15) is 9.59 Å². The Bertz CT molecular complexity index is 1290. The highest BCUT2D eigenvalue weighted by Gasteiger charge is 2.08. The van der Waals surface area contributed by atoms with Gasteiger partial charge in [-0.3, -0.25) is 14.6 Å². The van der Waals surface area contributed by atoms with Gasteiger partial charge in [0, 0.05) is 29.6 Å². The van der Waals surface area contributed by atoms with Gasteiger partial charge in [-0.1, -0.05) is 66.2 Å². The maximum atomic E-state index is 12.6. The molecule has 0 saturated carbocycles. The largest absolute Gasteiger partial charge is 0.321 e. The van der Waals surface area contributed by atoms with Crippen molar-refractivity contribution < 1.29 is 9.59 Å². The lowest BCUT2D eigenvalue weighted by Gasteiger charge is -2.06. The summed E-state index contributed by atoms with van der Waals surface area (Å²) >= 11 is 0. The summed E-state index contributed by atoms with van der Waals surface area (Å²) < 4.78 is 0. The molecule has 0 saturated heterocycles. The molecule has 1 aromatic heterocycles. The fourth-order valence-corrected chi connectivity index (χ4v) is 3.46. The second kappa shape index (κ2) is 9.18. The van der Waals surface area contributed by atoms with E-state index >= 15 is 0 Å². The summed E-state index contributed by atoms with van der Waals surface area (Å²) in [6.07, 6.45) is 5.26. The number of benzene rings is 3. The minimum Gasteiger partial charge on any atom is -0.321 e. The summed E-state index contributed by atoms with van der Waals surface area (Å²) in [6.45, 7) is 1.97. The molecule has 3 aromatic carbocycles. The van der Waals surface area contributed by atoms with Crippen LogP contribution in [0.15, 0.2) is 91.1 Å². The summed E-state index contributed by atoms with van der Waals surface area (Å²) in [6, 6.07) is 24.8. The van der Waals surface area contributed by atoms with E-state index in [4.69, 9.17) is 0 Å². The second-order valence-corrected chi connectivity index (χ2v) is 7.42. The number of hydrogen-bond acceptors (Lipinski definition) is 3. The third kappa shape index (κ3) is 5.11. The molecular weight excluding hydrogens is 384 g/mol. The molecule has 0 bridgehead atoms. The van der Waals surface area contributed by atoms with Crippen molar-refractivity contribution in [2.45, 2.75) is 13.3 Å². The van der Waals surface area contributed by atoms with Crippen molar-refractivity contribution in [3.05, 3.63) is 113 Å². The Labute approximate surface area is 181 Å². The maximum absolute atomic E-state index is 12.6. The predicted octanol–water partition coefficient (Wildman–Crippen LogP) is 5.62. The van der Waals surface area contributed by atoms with Crippen LogP contribution in [0.4, 0.5) is 5.69 Å². The number of para-hydroxylation sites is 1. The van der Waals surface area contributed by atoms with Gasteiger partial charge in [0.15, 0.2) is 5.78 Å². The van der Waals surface area contributed by atoms with Gasteiger partial charge in [0.1, 0.15) is 0 Å². The fourth-order valence-electron chi connectivity index (χ4n) is 3.46. The summed E-state index contributed by atoms with van der Waals surface area (Å²) in [7, 11) is 0. The predicted molar refractivity (Wildman–Crippen MR) is 125 cm³/mol. The summed E-state index contributed by atoms with van der Waals surface area (Å²) in [5, 5.41) is 3.85. The van der Waals surface area contributed by atoms with E-state index in [0.717, 1.165) is 27.6 Å². The molecule has 4 rings (SSSR count). The standard InChI is InChI=1S/C27H22N2O2/c1-19-6-2-10-23(16-19)25(30)18-21-8-3-7-20(17-21)13-14-26(31)29-24-12-4-9-22-11-5-15-28-27(22)24/h2-17H,18H2,1H3,(H,29,31)/b14-13+. The maximum Gasteiger partial charge on any atom is 0.248 e. The molecule has 4 heteroatoms. The van der Waals surface area contributed by atoms with Gasteiger partial charge in [-0.25, -0.2) is 0 Å². The third-order valence-corrected chi connectivity index (χ3v) is 4.97. The Kier molecular flexibility index (Phi) is 5.99. The van der Waals surface area contributed by atoms with Crippen molar-refractivity contribution in [3.8, 4) is 0 Å². The van der Waals surface area contributed by atoms with Crippen molar-refractivity contribution in [2.24, 2.45) is 0 Å². The zero-order valence-corrected chi connectivity index (χ0v) is 17.2. The number of aryl methyl sites for hydroxylation is 1. The topological polar surface area (TPSA) is 59.1 Å². The second-order valence-electron chi connectivity index (χ2n) is 7.42. The van der Waals surface area contributed by atoms with Crippen LogP contribution in [0.5, 0.6) is 0 Å². The Morgan fingerprint density at radius 2 is 1.74 bits per heavy atom. The number of nitrogens with one attached hydrogen (secondary N) is 1. The fraction of sp³-hybridized carbons (Fsp3) is 0.0741. The molecule has 152 valence electrons. The quantitative estimate of drug-likeness (QED) is 0.334. The number of anilines is 1. The Hall–Kier alpha value is -4.05. The van der Waals surface area contributed by atoms with Gasteiger partial charge in [0.05, 0.1) is 11.2 Å². The van der Waals surface area contributed by atoms with E-state index in [0.29, 0.717) is 17.7 Å². The van der Waals surface area contributed by atoms with Crippen LogP contribution in [0, 0.1) is 6.92 Å². The van der Waals surface area contributed by atoms with Gasteiger partial charge in [-0.2, -0.15) is 0 Å². The van der Waals surface area contributed by atoms with Crippen LogP contribution in [0.3, 0.4) is 0 Å². The van der Waals surface area contributed by atoms with Crippen molar-refractivity contribution >= 4 is 34.4 Å². The number of fused-ring (bicyclic) bond motifs is 1. The van der Waals surface area contributed by atoms with Crippen molar-refractivity contribution in [2.75, 3.05) is 5.32 Å². The van der Waals surface area contributed by atoms with E-state index < -0.39 is 0 Å². The van der Waals surface area contributed by atoms with E-state index in [1.54, 1.807) is 12.3 Å². The molecule has 0 unspecified atom stereocenters. The van der Waals surface area contributed by atoms with Crippen LogP contribution < -0.4 is 5.32 Å². The number of rotatable bonds is 6. The van der Waals surface area contributed by atoms with Crippen molar-refractivity contribution in [3.63, 3.8) is 0 Å². The van der Waals surface area contributed by atoms with Gasteiger partial charge >= 0.3 is 0 Å². The van der Waals surface area contributed by atoms with Gasteiger partial charge in [0.2, 0.25) is 5.91 Å². The molecule has 4 nitrogen and oxygen atoms in total. The number of carbonyl (C=O) groups excluding carboxylic acids is 2. The summed E-state index contributed by atoms with van der Waals surface area (Å²) in [5.74, 6) is -0.162. The minimum absolute atomic E-state index is 0.0750. The molecule has 1 N–H and O–H groups in total. The number of pyridine rings is 1. The Morgan fingerprint density at radius 1 is 0.935 bits per heavy atom. The normalized spacial score (nSPS) is 11.0. The van der Waals surface area contributed by atoms with Crippen molar-refractivity contribution in [1.82, 2.24) is 4.98 Å². The summed E-state index contributed by atoms with van der Waals surface area (Å²) in [5.41, 5.74) is 4.97. The number of nitrogens with zero attached hydrogens (tertiary/aromatic N) is 1. The molecule has 0 fully saturated rings. The van der Waals surface area contributed by atoms with Crippen LogP contribution in [0.25, 0.3) is 17.0 Å². The van der Waals surface area contributed by atoms with E-state index in [-0.39, 0.29) is 11.7 Å². The number of hydrogen-bond donors (Lipinski definition) is 1. The molecule has 31 heavy (non-hydrogen) atoms. The number of Topliss-reactive ketones (excluding diaryl/α,β-unsaturated/α-hetero) is 1. The minimum atomic E-state index is -0.237. The number of carbonyl (C=O) groups is 2. The molecule has 0 aliphatic heterocycles. The van der Waals surface area contributed by atoms with Crippen LogP contribution in [0.2, 0.25) is 0 Å². The van der Waals surface area contributed by atoms with E-state index in [1.807, 2.05) is 85.8 Å². The Balaban J connectivity index is 1.44. The van der Waals surface area contributed by atoms with E-state index in [2.05, 4.69) is 10.3 Å². The summed E-state index contributed by atoms with van der Waals surface area (Å²) in [4.78, 5) is 29.3. The zero-order valence-electron chi connectivity index (χ0n) is 17.2. The highest BCUT2D eigenvalue weighted by atomic mass is 16.1. The van der Waals surface area contributed by atoms with Crippen LogP contribution in [-0.4, -0.2) is 16.7 Å².